The van der Waals surface area contributed by atoms with Gasteiger partial charge in [-0.25, -0.2) is 4.98 Å². The molecule has 10 nitrogen and oxygen atoms in total. The van der Waals surface area contributed by atoms with Gasteiger partial charge in [0.1, 0.15) is 12.7 Å². The lowest BCUT2D eigenvalue weighted by molar-refractivity contribution is -0.0108. The number of nitrogen functional groups attached to an aromatic ring is 1. The predicted octanol–water partition coefficient (Wildman–Crippen LogP) is -1.38. The molecule has 2 aromatic heterocycles. The van der Waals surface area contributed by atoms with E-state index in [4.69, 9.17) is 10.5 Å². The van der Waals surface area contributed by atoms with Crippen molar-refractivity contribution in [1.29, 1.82) is 0 Å². The number of aliphatic hydroxyl groups is 1. The molecule has 1 fully saturated rings. The van der Waals surface area contributed by atoms with Crippen molar-refractivity contribution in [3.63, 3.8) is 0 Å². The molecule has 0 saturated carbocycles. The minimum Gasteiger partial charge on any atom is -0.394 e. The average molecular weight is 292 g/mol. The van der Waals surface area contributed by atoms with Crippen LogP contribution in [0, 0.1) is 0 Å². The molecule has 0 aromatic carbocycles. The summed E-state index contributed by atoms with van der Waals surface area (Å²) in [6.45, 7) is 2.90. The van der Waals surface area contributed by atoms with E-state index in [1.807, 2.05) is 11.8 Å². The van der Waals surface area contributed by atoms with Crippen molar-refractivity contribution in [2.24, 2.45) is 0 Å². The van der Waals surface area contributed by atoms with E-state index >= 15 is 0 Å². The van der Waals surface area contributed by atoms with Crippen LogP contribution in [0.25, 0.3) is 5.95 Å². The third-order valence-corrected chi connectivity index (χ3v) is 3.22. The molecule has 1 aliphatic heterocycles. The topological polar surface area (TPSA) is 128 Å². The number of aromatic nitrogens is 6. The molecule has 2 aromatic rings. The molecule has 0 radical (unpaired) electrons. The number of hydrogen-bond acceptors (Lipinski definition) is 9. The summed E-state index contributed by atoms with van der Waals surface area (Å²) in [6, 6.07) is 0.0678. The normalized spacial score (nSPS) is 22.5. The van der Waals surface area contributed by atoms with Crippen LogP contribution >= 0.6 is 0 Å². The van der Waals surface area contributed by atoms with Crippen molar-refractivity contribution < 1.29 is 9.84 Å². The van der Waals surface area contributed by atoms with Gasteiger partial charge in [-0.15, -0.1) is 0 Å². The van der Waals surface area contributed by atoms with Crippen LogP contribution in [-0.4, -0.2) is 66.7 Å². The van der Waals surface area contributed by atoms with Crippen LogP contribution in [0.2, 0.25) is 0 Å². The van der Waals surface area contributed by atoms with E-state index in [2.05, 4.69) is 25.0 Å². The molecule has 1 aliphatic rings. The first kappa shape index (κ1) is 13.6. The highest BCUT2D eigenvalue weighted by molar-refractivity contribution is 5.39. The van der Waals surface area contributed by atoms with Gasteiger partial charge in [-0.05, 0) is 6.92 Å². The molecule has 1 saturated heterocycles. The maximum Gasteiger partial charge on any atom is 0.258 e. The smallest absolute Gasteiger partial charge is 0.258 e. The SMILES string of the molecule is CC1COC(CO)CN1c1nc(N)nc(-n2cncn2)n1. The molecular weight excluding hydrogens is 276 g/mol. The van der Waals surface area contributed by atoms with E-state index in [1.165, 1.54) is 17.3 Å². The lowest BCUT2D eigenvalue weighted by Gasteiger charge is -2.37. The van der Waals surface area contributed by atoms with Crippen LogP contribution in [0.15, 0.2) is 12.7 Å². The van der Waals surface area contributed by atoms with E-state index in [9.17, 15) is 5.11 Å². The first-order valence-electron chi connectivity index (χ1n) is 6.53. The molecular formula is C11H16N8O2. The van der Waals surface area contributed by atoms with Crippen molar-refractivity contribution in [2.75, 3.05) is 30.4 Å². The molecule has 3 heterocycles. The number of rotatable bonds is 3. The lowest BCUT2D eigenvalue weighted by Crippen LogP contribution is -2.50. The zero-order valence-electron chi connectivity index (χ0n) is 11.5. The van der Waals surface area contributed by atoms with E-state index in [0.29, 0.717) is 25.0 Å². The summed E-state index contributed by atoms with van der Waals surface area (Å²) in [4.78, 5) is 18.4. The summed E-state index contributed by atoms with van der Waals surface area (Å²) in [6.07, 6.45) is 2.60. The number of anilines is 2. The Kier molecular flexibility index (Phi) is 3.62. The lowest BCUT2D eigenvalue weighted by atomic mass is 10.2. The molecule has 0 amide bonds. The number of morpholine rings is 1. The summed E-state index contributed by atoms with van der Waals surface area (Å²) >= 11 is 0. The van der Waals surface area contributed by atoms with E-state index in [0.717, 1.165) is 0 Å². The Bertz CT molecular complexity index is 604. The third-order valence-electron chi connectivity index (χ3n) is 3.22. The predicted molar refractivity (Wildman–Crippen MR) is 72.8 cm³/mol. The summed E-state index contributed by atoms with van der Waals surface area (Å²) < 4.78 is 6.92. The van der Waals surface area contributed by atoms with Gasteiger partial charge in [0.15, 0.2) is 0 Å². The quantitative estimate of drug-likeness (QED) is 0.703. The fourth-order valence-electron chi connectivity index (χ4n) is 2.12. The van der Waals surface area contributed by atoms with Gasteiger partial charge in [-0.2, -0.15) is 24.7 Å². The summed E-state index contributed by atoms with van der Waals surface area (Å²) in [5.41, 5.74) is 5.75. The number of nitrogens with two attached hydrogens (primary N) is 1. The first-order valence-corrected chi connectivity index (χ1v) is 6.53. The van der Waals surface area contributed by atoms with Crippen molar-refractivity contribution in [2.45, 2.75) is 19.1 Å². The van der Waals surface area contributed by atoms with Crippen LogP contribution in [-0.2, 0) is 4.74 Å². The second-order valence-electron chi connectivity index (χ2n) is 4.77. The fourth-order valence-corrected chi connectivity index (χ4v) is 2.12. The standard InChI is InChI=1S/C11H16N8O2/c1-7-4-21-8(3-20)2-18(7)10-15-9(12)16-11(17-10)19-6-13-5-14-19/h5-8,20H,2-4H2,1H3,(H2,12,15,16,17). The van der Waals surface area contributed by atoms with Crippen molar-refractivity contribution in [3.8, 4) is 5.95 Å². The minimum atomic E-state index is -0.269. The molecule has 0 bridgehead atoms. The van der Waals surface area contributed by atoms with Crippen LogP contribution in [0.4, 0.5) is 11.9 Å². The Morgan fingerprint density at radius 2 is 2.19 bits per heavy atom. The highest BCUT2D eigenvalue weighted by atomic mass is 16.5. The molecule has 10 heteroatoms. The Hall–Kier alpha value is -2.33. The zero-order valence-corrected chi connectivity index (χ0v) is 11.5. The zero-order chi connectivity index (χ0) is 14.8. The molecule has 2 atom stereocenters. The van der Waals surface area contributed by atoms with E-state index < -0.39 is 0 Å². The van der Waals surface area contributed by atoms with Gasteiger partial charge in [-0.1, -0.05) is 0 Å². The third kappa shape index (κ3) is 2.76. The molecule has 112 valence electrons. The number of nitrogens with zero attached hydrogens (tertiary/aromatic N) is 7. The van der Waals surface area contributed by atoms with Gasteiger partial charge in [0.25, 0.3) is 5.95 Å². The van der Waals surface area contributed by atoms with Crippen LogP contribution in [0.3, 0.4) is 0 Å². The molecule has 0 spiro atoms. The second-order valence-corrected chi connectivity index (χ2v) is 4.77. The Balaban J connectivity index is 1.94. The monoisotopic (exact) mass is 292 g/mol. The van der Waals surface area contributed by atoms with Gasteiger partial charge in [0.05, 0.1) is 25.4 Å². The number of aliphatic hydroxyl groups excluding tert-OH is 1. The molecule has 3 N–H and O–H groups in total. The maximum absolute atomic E-state index is 9.25. The molecule has 21 heavy (non-hydrogen) atoms. The van der Waals surface area contributed by atoms with Gasteiger partial charge >= 0.3 is 0 Å². The van der Waals surface area contributed by atoms with Crippen molar-refractivity contribution >= 4 is 11.9 Å². The average Bonchev–Trinajstić information content (AvgIpc) is 3.01. The van der Waals surface area contributed by atoms with Gasteiger partial charge in [0, 0.05) is 6.54 Å². The first-order chi connectivity index (χ1) is 10.2. The van der Waals surface area contributed by atoms with Gasteiger partial charge < -0.3 is 20.5 Å². The van der Waals surface area contributed by atoms with E-state index in [-0.39, 0.29) is 24.7 Å². The second kappa shape index (κ2) is 5.58. The Labute approximate surface area is 120 Å². The summed E-state index contributed by atoms with van der Waals surface area (Å²) in [7, 11) is 0. The Morgan fingerprint density at radius 3 is 2.90 bits per heavy atom. The Morgan fingerprint density at radius 1 is 1.38 bits per heavy atom. The van der Waals surface area contributed by atoms with E-state index in [1.54, 1.807) is 0 Å². The van der Waals surface area contributed by atoms with Crippen molar-refractivity contribution in [3.05, 3.63) is 12.7 Å². The summed E-state index contributed by atoms with van der Waals surface area (Å²) in [5.74, 6) is 0.834. The highest BCUT2D eigenvalue weighted by Gasteiger charge is 2.28. The van der Waals surface area contributed by atoms with Gasteiger partial charge in [0.2, 0.25) is 11.9 Å². The van der Waals surface area contributed by atoms with Crippen LogP contribution < -0.4 is 10.6 Å². The van der Waals surface area contributed by atoms with Crippen LogP contribution in [0.5, 0.6) is 0 Å². The number of ether oxygens (including phenoxy) is 1. The molecule has 0 aliphatic carbocycles. The van der Waals surface area contributed by atoms with Gasteiger partial charge in [-0.3, -0.25) is 0 Å². The summed E-state index contributed by atoms with van der Waals surface area (Å²) in [5, 5.41) is 13.2. The molecule has 2 unspecified atom stereocenters. The van der Waals surface area contributed by atoms with Crippen LogP contribution in [0.1, 0.15) is 6.92 Å². The minimum absolute atomic E-state index is 0.0558. The number of hydrogen-bond donors (Lipinski definition) is 2. The van der Waals surface area contributed by atoms with Crippen molar-refractivity contribution in [1.82, 2.24) is 29.7 Å². The highest BCUT2D eigenvalue weighted by Crippen LogP contribution is 2.19. The largest absolute Gasteiger partial charge is 0.394 e. The molecule has 3 rings (SSSR count). The fraction of sp³-hybridized carbons (Fsp3) is 0.545. The maximum atomic E-state index is 9.25.